The van der Waals surface area contributed by atoms with Gasteiger partial charge in [-0.05, 0) is 31.4 Å². The third-order valence-electron chi connectivity index (χ3n) is 4.15. The molecule has 1 heterocycles. The molecule has 0 saturated carbocycles. The first kappa shape index (κ1) is 19.8. The second-order valence-electron chi connectivity index (χ2n) is 6.02. The number of carbonyl (C=O) groups excluding carboxylic acids is 2. The molecule has 0 aliphatic heterocycles. The minimum Gasteiger partial charge on any atom is -0.548 e. The minimum atomic E-state index is -1.34. The van der Waals surface area contributed by atoms with E-state index in [-0.39, 0.29) is 35.6 Å². The van der Waals surface area contributed by atoms with Gasteiger partial charge in [0.25, 0.3) is 0 Å². The number of aromatic hydroxyl groups is 1. The summed E-state index contributed by atoms with van der Waals surface area (Å²) in [4.78, 5) is 35.2. The van der Waals surface area contributed by atoms with Gasteiger partial charge in [-0.3, -0.25) is 4.79 Å². The molecule has 140 valence electrons. The number of benzene rings is 1. The van der Waals surface area contributed by atoms with Gasteiger partial charge in [-0.2, -0.15) is 0 Å². The van der Waals surface area contributed by atoms with Crippen LogP contribution in [0.2, 0.25) is 5.02 Å². The van der Waals surface area contributed by atoms with Gasteiger partial charge < -0.3 is 24.7 Å². The Morgan fingerprint density at radius 3 is 2.69 bits per heavy atom. The van der Waals surface area contributed by atoms with Crippen LogP contribution in [0.4, 0.5) is 0 Å². The maximum atomic E-state index is 12.2. The number of phenols is 1. The minimum absolute atomic E-state index is 0.0730. The molecule has 0 radical (unpaired) electrons. The monoisotopic (exact) mass is 380 g/mol. The molecule has 1 aromatic heterocycles. The lowest BCUT2D eigenvalue weighted by Gasteiger charge is -2.19. The van der Waals surface area contributed by atoms with Crippen LogP contribution in [-0.4, -0.2) is 23.0 Å². The number of hydrogen-bond donors (Lipinski definition) is 2. The zero-order chi connectivity index (χ0) is 19.4. The Labute approximate surface area is 154 Å². The summed E-state index contributed by atoms with van der Waals surface area (Å²) in [6.45, 7) is 3.50. The van der Waals surface area contributed by atoms with E-state index >= 15 is 0 Å². The standard InChI is InChI=1S/C18H20ClNO6/c1-3-4-13(17(23)24)20-16(22)6-5-10-9(2)11-7-12(19)14(21)8-15(11)26-18(10)25/h7-8,13,21H,3-6H2,1-2H3,(H,20,22)(H,23,24)/p-1/t13-/m0/s1. The number of aliphatic carboxylic acids is 1. The van der Waals surface area contributed by atoms with Crippen molar-refractivity contribution in [2.45, 2.75) is 45.6 Å². The van der Waals surface area contributed by atoms with Crippen LogP contribution in [0, 0.1) is 6.92 Å². The highest BCUT2D eigenvalue weighted by Gasteiger charge is 2.17. The van der Waals surface area contributed by atoms with Crippen molar-refractivity contribution in [3.8, 4) is 5.75 Å². The van der Waals surface area contributed by atoms with Gasteiger partial charge in [0.05, 0.1) is 17.0 Å². The van der Waals surface area contributed by atoms with Gasteiger partial charge in [0.15, 0.2) is 0 Å². The summed E-state index contributed by atoms with van der Waals surface area (Å²) < 4.78 is 5.19. The number of carboxylic acids is 1. The zero-order valence-corrected chi connectivity index (χ0v) is 15.2. The molecule has 2 rings (SSSR count). The molecular formula is C18H19ClNO6-. The summed E-state index contributed by atoms with van der Waals surface area (Å²) in [5.74, 6) is -2.02. The molecule has 26 heavy (non-hydrogen) atoms. The van der Waals surface area contributed by atoms with Crippen molar-refractivity contribution in [1.82, 2.24) is 5.32 Å². The Kier molecular flexibility index (Phi) is 6.26. The number of carbonyl (C=O) groups is 2. The van der Waals surface area contributed by atoms with Gasteiger partial charge in [0, 0.05) is 23.4 Å². The molecule has 1 aromatic carbocycles. The highest BCUT2D eigenvalue weighted by atomic mass is 35.5. The van der Waals surface area contributed by atoms with Crippen LogP contribution >= 0.6 is 11.6 Å². The van der Waals surface area contributed by atoms with Crippen molar-refractivity contribution in [1.29, 1.82) is 0 Å². The van der Waals surface area contributed by atoms with Crippen LogP contribution in [0.1, 0.15) is 37.3 Å². The molecule has 0 aliphatic rings. The molecule has 7 nitrogen and oxygen atoms in total. The molecule has 1 atom stereocenters. The van der Waals surface area contributed by atoms with Gasteiger partial charge in [0.1, 0.15) is 11.3 Å². The third kappa shape index (κ3) is 4.35. The molecule has 0 unspecified atom stereocenters. The molecule has 8 heteroatoms. The quantitative estimate of drug-likeness (QED) is 0.701. The van der Waals surface area contributed by atoms with E-state index in [0.717, 1.165) is 0 Å². The largest absolute Gasteiger partial charge is 0.548 e. The van der Waals surface area contributed by atoms with E-state index in [4.69, 9.17) is 16.0 Å². The lowest BCUT2D eigenvalue weighted by molar-refractivity contribution is -0.308. The molecule has 0 bridgehead atoms. The number of rotatable bonds is 7. The number of fused-ring (bicyclic) bond motifs is 1. The normalized spacial score (nSPS) is 12.1. The maximum absolute atomic E-state index is 12.2. The summed E-state index contributed by atoms with van der Waals surface area (Å²) in [5, 5.41) is 23.7. The summed E-state index contributed by atoms with van der Waals surface area (Å²) >= 11 is 5.90. The Balaban J connectivity index is 2.20. The molecule has 0 aliphatic carbocycles. The van der Waals surface area contributed by atoms with Crippen molar-refractivity contribution < 1.29 is 24.2 Å². The summed E-state index contributed by atoms with van der Waals surface area (Å²) in [5.41, 5.74) is 0.475. The third-order valence-corrected chi connectivity index (χ3v) is 4.46. The van der Waals surface area contributed by atoms with Crippen molar-refractivity contribution in [3.63, 3.8) is 0 Å². The molecule has 0 saturated heterocycles. The second kappa shape index (κ2) is 8.23. The van der Waals surface area contributed by atoms with E-state index in [9.17, 15) is 24.6 Å². The van der Waals surface area contributed by atoms with Crippen LogP contribution in [0.15, 0.2) is 21.3 Å². The van der Waals surface area contributed by atoms with E-state index < -0.39 is 23.5 Å². The number of hydrogen-bond acceptors (Lipinski definition) is 6. The molecule has 2 aromatic rings. The Bertz CT molecular complexity index is 905. The zero-order valence-electron chi connectivity index (χ0n) is 14.4. The van der Waals surface area contributed by atoms with Gasteiger partial charge in [-0.15, -0.1) is 0 Å². The van der Waals surface area contributed by atoms with Crippen molar-refractivity contribution in [2.75, 3.05) is 0 Å². The number of carboxylic acid groups (broad SMARTS) is 1. The fraction of sp³-hybridized carbons (Fsp3) is 0.389. The molecule has 0 spiro atoms. The Morgan fingerprint density at radius 2 is 2.08 bits per heavy atom. The summed E-state index contributed by atoms with van der Waals surface area (Å²) in [7, 11) is 0. The second-order valence-corrected chi connectivity index (χ2v) is 6.43. The first-order valence-corrected chi connectivity index (χ1v) is 8.57. The van der Waals surface area contributed by atoms with E-state index in [1.807, 2.05) is 0 Å². The SMILES string of the molecule is CCC[C@H](NC(=O)CCc1c(C)c2cc(Cl)c(O)cc2oc1=O)C(=O)[O-]. The van der Waals surface area contributed by atoms with Crippen LogP contribution in [-0.2, 0) is 16.0 Å². The predicted octanol–water partition coefficient (Wildman–Crippen LogP) is 1.43. The fourth-order valence-corrected chi connectivity index (χ4v) is 2.89. The van der Waals surface area contributed by atoms with Crippen LogP contribution < -0.4 is 16.0 Å². The van der Waals surface area contributed by atoms with Gasteiger partial charge in [-0.1, -0.05) is 24.9 Å². The van der Waals surface area contributed by atoms with E-state index in [0.29, 0.717) is 22.9 Å². The van der Waals surface area contributed by atoms with E-state index in [1.54, 1.807) is 13.8 Å². The predicted molar refractivity (Wildman–Crippen MR) is 94.1 cm³/mol. The van der Waals surface area contributed by atoms with Gasteiger partial charge in [0.2, 0.25) is 5.91 Å². The van der Waals surface area contributed by atoms with Gasteiger partial charge >= 0.3 is 5.63 Å². The van der Waals surface area contributed by atoms with Crippen molar-refractivity contribution in [2.24, 2.45) is 0 Å². The first-order chi connectivity index (χ1) is 12.2. The highest BCUT2D eigenvalue weighted by molar-refractivity contribution is 6.32. The summed E-state index contributed by atoms with van der Waals surface area (Å²) in [6.07, 6.45) is 0.865. The van der Waals surface area contributed by atoms with Crippen molar-refractivity contribution in [3.05, 3.63) is 38.7 Å². The van der Waals surface area contributed by atoms with Crippen LogP contribution in [0.5, 0.6) is 5.75 Å². The number of nitrogens with one attached hydrogen (secondary N) is 1. The van der Waals surface area contributed by atoms with E-state index in [1.165, 1.54) is 12.1 Å². The molecular weight excluding hydrogens is 362 g/mol. The fourth-order valence-electron chi connectivity index (χ4n) is 2.73. The van der Waals surface area contributed by atoms with E-state index in [2.05, 4.69) is 5.32 Å². The topological polar surface area (TPSA) is 120 Å². The van der Waals surface area contributed by atoms with Crippen LogP contribution in [0.25, 0.3) is 11.0 Å². The molecule has 1 amide bonds. The van der Waals surface area contributed by atoms with Gasteiger partial charge in [-0.25, -0.2) is 4.79 Å². The number of amides is 1. The lowest BCUT2D eigenvalue weighted by atomic mass is 10.0. The number of phenolic OH excluding ortho intramolecular Hbond substituents is 1. The smallest absolute Gasteiger partial charge is 0.339 e. The highest BCUT2D eigenvalue weighted by Crippen LogP contribution is 2.30. The Hall–Kier alpha value is -2.54. The first-order valence-electron chi connectivity index (χ1n) is 8.19. The number of aryl methyl sites for hydroxylation is 1. The molecule has 0 fully saturated rings. The van der Waals surface area contributed by atoms with Crippen LogP contribution in [0.3, 0.4) is 0 Å². The Morgan fingerprint density at radius 1 is 1.38 bits per heavy atom. The average molecular weight is 381 g/mol. The number of halogens is 1. The molecule has 2 N–H and O–H groups in total. The summed E-state index contributed by atoms with van der Waals surface area (Å²) in [6, 6.07) is 1.70. The maximum Gasteiger partial charge on any atom is 0.339 e. The average Bonchev–Trinajstić information content (AvgIpc) is 2.56. The van der Waals surface area contributed by atoms with Crippen molar-refractivity contribution >= 4 is 34.4 Å². The lowest BCUT2D eigenvalue weighted by Crippen LogP contribution is -2.47.